The lowest BCUT2D eigenvalue weighted by molar-refractivity contribution is -0.144. The lowest BCUT2D eigenvalue weighted by Gasteiger charge is -2.20. The minimum absolute atomic E-state index is 0.00109. The number of anilines is 1. The summed E-state index contributed by atoms with van der Waals surface area (Å²) in [7, 11) is -1.38. The molecular formula is C17H16ClNO6S. The van der Waals surface area contributed by atoms with Crippen molar-refractivity contribution in [1.82, 2.24) is 0 Å². The molecule has 0 heterocycles. The Morgan fingerprint density at radius 2 is 1.77 bits per heavy atom. The molecule has 0 aliphatic heterocycles. The number of esters is 2. The van der Waals surface area contributed by atoms with E-state index < -0.39 is 28.6 Å². The third-order valence-electron chi connectivity index (χ3n) is 3.48. The minimum atomic E-state index is -3.93. The molecule has 0 saturated heterocycles. The lowest BCUT2D eigenvalue weighted by Crippen LogP contribution is -2.26. The first-order valence-corrected chi connectivity index (χ1v) is 9.16. The molecule has 7 nitrogen and oxygen atoms in total. The number of sulfonamides is 1. The number of para-hydroxylation sites is 1. The molecule has 0 unspecified atom stereocenters. The fourth-order valence-corrected chi connectivity index (χ4v) is 3.43. The van der Waals surface area contributed by atoms with Gasteiger partial charge in [-0.2, -0.15) is 0 Å². The standard InChI is InChI=1S/C17H16ClNO6S/c1-19(12-6-4-3-5-7-12)26(22,23)13-8-9-15(18)14(10-13)17(21)25-11-16(20)24-2/h3-10H,11H2,1-2H3. The molecule has 0 aromatic heterocycles. The number of methoxy groups -OCH3 is 1. The molecule has 0 spiro atoms. The van der Waals surface area contributed by atoms with Gasteiger partial charge in [0.1, 0.15) is 0 Å². The average molecular weight is 398 g/mol. The van der Waals surface area contributed by atoms with Crippen molar-refractivity contribution >= 4 is 39.3 Å². The Labute approximate surface area is 156 Å². The maximum absolute atomic E-state index is 12.8. The van der Waals surface area contributed by atoms with Gasteiger partial charge in [0.05, 0.1) is 28.3 Å². The van der Waals surface area contributed by atoms with E-state index in [1.54, 1.807) is 30.3 Å². The van der Waals surface area contributed by atoms with Gasteiger partial charge >= 0.3 is 11.9 Å². The minimum Gasteiger partial charge on any atom is -0.466 e. The maximum Gasteiger partial charge on any atom is 0.344 e. The summed E-state index contributed by atoms with van der Waals surface area (Å²) < 4.78 is 35.8. The van der Waals surface area contributed by atoms with Crippen molar-refractivity contribution in [2.45, 2.75) is 4.90 Å². The number of nitrogens with zero attached hydrogens (tertiary/aromatic N) is 1. The first-order valence-electron chi connectivity index (χ1n) is 7.35. The van der Waals surface area contributed by atoms with Gasteiger partial charge in [-0.05, 0) is 30.3 Å². The van der Waals surface area contributed by atoms with Crippen LogP contribution in [0.1, 0.15) is 10.4 Å². The zero-order chi connectivity index (χ0) is 19.3. The van der Waals surface area contributed by atoms with Crippen LogP contribution in [0.4, 0.5) is 5.69 Å². The zero-order valence-electron chi connectivity index (χ0n) is 14.0. The first kappa shape index (κ1) is 19.7. The van der Waals surface area contributed by atoms with Crippen LogP contribution in [0, 0.1) is 0 Å². The van der Waals surface area contributed by atoms with E-state index in [0.717, 1.165) is 17.5 Å². The van der Waals surface area contributed by atoms with Gasteiger partial charge in [-0.3, -0.25) is 4.31 Å². The lowest BCUT2D eigenvalue weighted by atomic mass is 10.2. The highest BCUT2D eigenvalue weighted by Gasteiger charge is 2.24. The second-order valence-electron chi connectivity index (χ2n) is 5.10. The summed E-state index contributed by atoms with van der Waals surface area (Å²) in [4.78, 5) is 23.0. The van der Waals surface area contributed by atoms with Crippen molar-refractivity contribution in [2.75, 3.05) is 25.1 Å². The number of carbonyl (C=O) groups is 2. The molecule has 0 bridgehead atoms. The number of hydrogen-bond acceptors (Lipinski definition) is 6. The molecule has 0 saturated carbocycles. The Morgan fingerprint density at radius 3 is 2.38 bits per heavy atom. The third kappa shape index (κ3) is 4.33. The van der Waals surface area contributed by atoms with E-state index in [0.29, 0.717) is 5.69 Å². The van der Waals surface area contributed by atoms with Gasteiger partial charge in [-0.25, -0.2) is 18.0 Å². The first-order chi connectivity index (χ1) is 12.3. The predicted octanol–water partition coefficient (Wildman–Crippen LogP) is 2.49. The summed E-state index contributed by atoms with van der Waals surface area (Å²) in [5.41, 5.74) is 0.287. The number of halogens is 1. The highest BCUT2D eigenvalue weighted by Crippen LogP contribution is 2.26. The van der Waals surface area contributed by atoms with Crippen molar-refractivity contribution in [3.8, 4) is 0 Å². The molecule has 2 aromatic rings. The van der Waals surface area contributed by atoms with Gasteiger partial charge in [-0.15, -0.1) is 0 Å². The summed E-state index contributed by atoms with van der Waals surface area (Å²) in [5.74, 6) is -1.68. The number of ether oxygens (including phenoxy) is 2. The molecule has 0 atom stereocenters. The van der Waals surface area contributed by atoms with E-state index in [1.807, 2.05) is 0 Å². The summed E-state index contributed by atoms with van der Waals surface area (Å²) in [6.07, 6.45) is 0. The van der Waals surface area contributed by atoms with Crippen molar-refractivity contribution in [3.63, 3.8) is 0 Å². The van der Waals surface area contributed by atoms with Crippen molar-refractivity contribution in [1.29, 1.82) is 0 Å². The van der Waals surface area contributed by atoms with E-state index in [9.17, 15) is 18.0 Å². The predicted molar refractivity (Wildman–Crippen MR) is 95.8 cm³/mol. The third-order valence-corrected chi connectivity index (χ3v) is 5.60. The molecular weight excluding hydrogens is 382 g/mol. The Balaban J connectivity index is 2.33. The molecule has 0 N–H and O–H groups in total. The van der Waals surface area contributed by atoms with Gasteiger partial charge in [0.25, 0.3) is 10.0 Å². The molecule has 0 fully saturated rings. The van der Waals surface area contributed by atoms with E-state index in [2.05, 4.69) is 4.74 Å². The van der Waals surface area contributed by atoms with E-state index >= 15 is 0 Å². The quantitative estimate of drug-likeness (QED) is 0.695. The van der Waals surface area contributed by atoms with Gasteiger partial charge in [0.2, 0.25) is 0 Å². The highest BCUT2D eigenvalue weighted by molar-refractivity contribution is 7.92. The molecule has 9 heteroatoms. The normalized spacial score (nSPS) is 10.9. The molecule has 0 amide bonds. The number of hydrogen-bond donors (Lipinski definition) is 0. The van der Waals surface area contributed by atoms with E-state index in [-0.39, 0.29) is 15.5 Å². The largest absolute Gasteiger partial charge is 0.466 e. The van der Waals surface area contributed by atoms with Crippen molar-refractivity contribution in [2.24, 2.45) is 0 Å². The topological polar surface area (TPSA) is 90.0 Å². The Hall–Kier alpha value is -2.58. The molecule has 2 aromatic carbocycles. The van der Waals surface area contributed by atoms with Crippen LogP contribution in [0.25, 0.3) is 0 Å². The average Bonchev–Trinajstić information content (AvgIpc) is 2.65. The Bertz CT molecular complexity index is 914. The number of rotatable bonds is 6. The summed E-state index contributed by atoms with van der Waals surface area (Å²) in [6.45, 7) is -0.605. The Kier molecular flexibility index (Phi) is 6.23. The maximum atomic E-state index is 12.8. The second kappa shape index (κ2) is 8.20. The zero-order valence-corrected chi connectivity index (χ0v) is 15.6. The van der Waals surface area contributed by atoms with E-state index in [4.69, 9.17) is 16.3 Å². The van der Waals surface area contributed by atoms with Gasteiger partial charge in [0, 0.05) is 7.05 Å². The monoisotopic (exact) mass is 397 g/mol. The van der Waals surface area contributed by atoms with Gasteiger partial charge in [-0.1, -0.05) is 29.8 Å². The second-order valence-corrected chi connectivity index (χ2v) is 7.48. The number of carbonyl (C=O) groups excluding carboxylic acids is 2. The summed E-state index contributed by atoms with van der Waals surface area (Å²) in [5, 5.41) is 0.00109. The van der Waals surface area contributed by atoms with Crippen LogP contribution in [-0.2, 0) is 24.3 Å². The van der Waals surface area contributed by atoms with Crippen LogP contribution in [0.3, 0.4) is 0 Å². The van der Waals surface area contributed by atoms with Crippen LogP contribution in [-0.4, -0.2) is 41.1 Å². The Morgan fingerprint density at radius 1 is 1.12 bits per heavy atom. The molecule has 0 aliphatic carbocycles. The van der Waals surface area contributed by atoms with Crippen LogP contribution in [0.15, 0.2) is 53.4 Å². The van der Waals surface area contributed by atoms with Gasteiger partial charge in [0.15, 0.2) is 6.61 Å². The highest BCUT2D eigenvalue weighted by atomic mass is 35.5. The van der Waals surface area contributed by atoms with Crippen LogP contribution in [0.2, 0.25) is 5.02 Å². The van der Waals surface area contributed by atoms with Gasteiger partial charge < -0.3 is 9.47 Å². The van der Waals surface area contributed by atoms with Crippen LogP contribution < -0.4 is 4.31 Å². The van der Waals surface area contributed by atoms with Crippen molar-refractivity contribution < 1.29 is 27.5 Å². The molecule has 2 rings (SSSR count). The molecule has 0 radical (unpaired) electrons. The molecule has 26 heavy (non-hydrogen) atoms. The SMILES string of the molecule is COC(=O)COC(=O)c1cc(S(=O)(=O)N(C)c2ccccc2)ccc1Cl. The van der Waals surface area contributed by atoms with Crippen LogP contribution >= 0.6 is 11.6 Å². The molecule has 138 valence electrons. The fourth-order valence-electron chi connectivity index (χ4n) is 2.02. The number of benzene rings is 2. The van der Waals surface area contributed by atoms with E-state index in [1.165, 1.54) is 19.2 Å². The fraction of sp³-hybridized carbons (Fsp3) is 0.176. The molecule has 0 aliphatic rings. The van der Waals surface area contributed by atoms with Crippen molar-refractivity contribution in [3.05, 3.63) is 59.1 Å². The summed E-state index contributed by atoms with van der Waals surface area (Å²) >= 11 is 5.96. The summed E-state index contributed by atoms with van der Waals surface area (Å²) in [6, 6.07) is 12.1. The van der Waals surface area contributed by atoms with Crippen LogP contribution in [0.5, 0.6) is 0 Å². The smallest absolute Gasteiger partial charge is 0.344 e.